The molecule has 0 radical (unpaired) electrons. The van der Waals surface area contributed by atoms with Crippen LogP contribution in [0.3, 0.4) is 0 Å². The van der Waals surface area contributed by atoms with Crippen molar-refractivity contribution in [3.63, 3.8) is 0 Å². The van der Waals surface area contributed by atoms with E-state index in [4.69, 9.17) is 0 Å². The zero-order valence-corrected chi connectivity index (χ0v) is 7.58. The first-order valence-electron chi connectivity index (χ1n) is 4.01. The van der Waals surface area contributed by atoms with Gasteiger partial charge in [0.15, 0.2) is 0 Å². The number of thiophene rings is 1. The lowest BCUT2D eigenvalue weighted by Crippen LogP contribution is -1.79. The van der Waals surface area contributed by atoms with Gasteiger partial charge >= 0.3 is 0 Å². The number of rotatable bonds is 0. The average molecular weight is 186 g/mol. The maximum atomic E-state index is 4.21. The lowest BCUT2D eigenvalue weighted by Gasteiger charge is -1.95. The monoisotopic (exact) mass is 186 g/mol. The fourth-order valence-electron chi connectivity index (χ4n) is 1.48. The fraction of sp³-hybridized carbons (Fsp3) is 0. The smallest absolute Gasteiger partial charge is 0.116 e. The molecule has 0 amide bonds. The molecule has 0 aliphatic rings. The van der Waals surface area contributed by atoms with E-state index in [0.29, 0.717) is 0 Å². The highest BCUT2D eigenvalue weighted by atomic mass is 32.1. The van der Waals surface area contributed by atoms with E-state index in [1.54, 1.807) is 17.7 Å². The first-order valence-corrected chi connectivity index (χ1v) is 4.89. The van der Waals surface area contributed by atoms with Crippen LogP contribution in [0.15, 0.2) is 36.1 Å². The second-order valence-electron chi connectivity index (χ2n) is 2.86. The lowest BCUT2D eigenvalue weighted by molar-refractivity contribution is 1.23. The molecule has 0 aliphatic heterocycles. The predicted octanol–water partition coefficient (Wildman–Crippen LogP) is 2.84. The van der Waals surface area contributed by atoms with Crippen LogP contribution in [0.5, 0.6) is 0 Å². The van der Waals surface area contributed by atoms with Gasteiger partial charge in [0, 0.05) is 16.3 Å². The van der Waals surface area contributed by atoms with Crippen LogP contribution in [-0.4, -0.2) is 9.97 Å². The first kappa shape index (κ1) is 6.97. The predicted molar refractivity (Wildman–Crippen MR) is 54.9 cm³/mol. The highest BCUT2D eigenvalue weighted by molar-refractivity contribution is 7.18. The van der Waals surface area contributed by atoms with Gasteiger partial charge in [-0.05, 0) is 22.9 Å². The molecular weight excluding hydrogens is 180 g/mol. The molecule has 0 bridgehead atoms. The molecule has 0 fully saturated rings. The Morgan fingerprint density at radius 3 is 3.15 bits per heavy atom. The van der Waals surface area contributed by atoms with E-state index in [2.05, 4.69) is 27.5 Å². The van der Waals surface area contributed by atoms with Crippen LogP contribution < -0.4 is 0 Å². The van der Waals surface area contributed by atoms with E-state index in [1.165, 1.54) is 10.1 Å². The molecule has 2 aromatic heterocycles. The quantitative estimate of drug-likeness (QED) is 0.539. The van der Waals surface area contributed by atoms with E-state index in [-0.39, 0.29) is 0 Å². The van der Waals surface area contributed by atoms with Gasteiger partial charge in [0.05, 0.1) is 5.52 Å². The molecule has 13 heavy (non-hydrogen) atoms. The third-order valence-electron chi connectivity index (χ3n) is 2.10. The zero-order chi connectivity index (χ0) is 8.67. The minimum absolute atomic E-state index is 1.02. The lowest BCUT2D eigenvalue weighted by atomic mass is 10.2. The van der Waals surface area contributed by atoms with E-state index < -0.39 is 0 Å². The molecule has 2 nitrogen and oxygen atoms in total. The molecule has 0 saturated carbocycles. The first-order chi connectivity index (χ1) is 6.45. The van der Waals surface area contributed by atoms with Gasteiger partial charge in [-0.1, -0.05) is 6.07 Å². The largest absolute Gasteiger partial charge is 0.244 e. The number of nitrogens with zero attached hydrogens (tertiary/aromatic N) is 2. The molecular formula is C10H6N2S. The Balaban J connectivity index is 2.65. The van der Waals surface area contributed by atoms with Gasteiger partial charge in [0.2, 0.25) is 0 Å². The molecule has 0 unspecified atom stereocenters. The van der Waals surface area contributed by atoms with Gasteiger partial charge in [0.25, 0.3) is 0 Å². The maximum absolute atomic E-state index is 4.21. The summed E-state index contributed by atoms with van der Waals surface area (Å²) in [6.45, 7) is 0. The van der Waals surface area contributed by atoms with Crippen molar-refractivity contribution in [2.75, 3.05) is 0 Å². The minimum Gasteiger partial charge on any atom is -0.244 e. The van der Waals surface area contributed by atoms with Gasteiger partial charge < -0.3 is 0 Å². The van der Waals surface area contributed by atoms with Crippen LogP contribution in [0, 0.1) is 0 Å². The van der Waals surface area contributed by atoms with Crippen molar-refractivity contribution in [3.8, 4) is 0 Å². The van der Waals surface area contributed by atoms with Gasteiger partial charge in [-0.25, -0.2) is 9.97 Å². The molecule has 3 heteroatoms. The molecule has 0 atom stereocenters. The molecule has 2 heterocycles. The van der Waals surface area contributed by atoms with E-state index in [9.17, 15) is 0 Å². The van der Waals surface area contributed by atoms with E-state index in [0.717, 1.165) is 10.9 Å². The van der Waals surface area contributed by atoms with E-state index in [1.807, 2.05) is 12.3 Å². The summed E-state index contributed by atoms with van der Waals surface area (Å²) in [4.78, 5) is 8.24. The van der Waals surface area contributed by atoms with Crippen molar-refractivity contribution in [1.82, 2.24) is 9.97 Å². The molecule has 0 spiro atoms. The van der Waals surface area contributed by atoms with Crippen LogP contribution in [0.25, 0.3) is 21.0 Å². The number of fused-ring (bicyclic) bond motifs is 3. The fourth-order valence-corrected chi connectivity index (χ4v) is 2.39. The molecule has 62 valence electrons. The maximum Gasteiger partial charge on any atom is 0.116 e. The van der Waals surface area contributed by atoms with Crippen LogP contribution in [0.4, 0.5) is 0 Å². The van der Waals surface area contributed by atoms with Gasteiger partial charge in [0.1, 0.15) is 6.33 Å². The van der Waals surface area contributed by atoms with Crippen LogP contribution in [-0.2, 0) is 0 Å². The van der Waals surface area contributed by atoms with Crippen molar-refractivity contribution in [1.29, 1.82) is 0 Å². The van der Waals surface area contributed by atoms with Crippen molar-refractivity contribution < 1.29 is 0 Å². The van der Waals surface area contributed by atoms with Gasteiger partial charge in [-0.15, -0.1) is 11.3 Å². The Labute approximate surface area is 78.9 Å². The summed E-state index contributed by atoms with van der Waals surface area (Å²) in [7, 11) is 0. The summed E-state index contributed by atoms with van der Waals surface area (Å²) in [5, 5.41) is 4.51. The number of aromatic nitrogens is 2. The molecule has 3 aromatic rings. The Morgan fingerprint density at radius 2 is 2.15 bits per heavy atom. The highest BCUT2D eigenvalue weighted by Crippen LogP contribution is 2.27. The minimum atomic E-state index is 1.02. The van der Waals surface area contributed by atoms with Crippen LogP contribution >= 0.6 is 11.3 Å². The Morgan fingerprint density at radius 1 is 1.15 bits per heavy atom. The SMILES string of the molecule is c1ncc2c(ccc3ccsc32)n1. The highest BCUT2D eigenvalue weighted by Gasteiger charge is 2.00. The topological polar surface area (TPSA) is 25.8 Å². The normalized spacial score (nSPS) is 11.1. The summed E-state index contributed by atoms with van der Waals surface area (Å²) in [5.41, 5.74) is 1.02. The Hall–Kier alpha value is -1.48. The summed E-state index contributed by atoms with van der Waals surface area (Å²) < 4.78 is 1.28. The van der Waals surface area contributed by atoms with E-state index >= 15 is 0 Å². The number of hydrogen-bond donors (Lipinski definition) is 0. The second kappa shape index (κ2) is 2.50. The molecule has 0 saturated heterocycles. The molecule has 0 aliphatic carbocycles. The molecule has 0 N–H and O–H groups in total. The zero-order valence-electron chi connectivity index (χ0n) is 6.77. The van der Waals surface area contributed by atoms with Gasteiger partial charge in [-0.3, -0.25) is 0 Å². The third-order valence-corrected chi connectivity index (χ3v) is 3.07. The van der Waals surface area contributed by atoms with Crippen molar-refractivity contribution >= 4 is 32.3 Å². The van der Waals surface area contributed by atoms with Crippen molar-refractivity contribution in [2.45, 2.75) is 0 Å². The number of hydrogen-bond acceptors (Lipinski definition) is 3. The Kier molecular flexibility index (Phi) is 1.34. The van der Waals surface area contributed by atoms with Crippen molar-refractivity contribution in [3.05, 3.63) is 36.1 Å². The summed E-state index contributed by atoms with van der Waals surface area (Å²) >= 11 is 1.74. The average Bonchev–Trinajstić information content (AvgIpc) is 2.65. The molecule has 1 aromatic carbocycles. The van der Waals surface area contributed by atoms with Crippen LogP contribution in [0.1, 0.15) is 0 Å². The standard InChI is InChI=1S/C10H6N2S/c1-2-9-8(5-11-6-12-9)10-7(1)3-4-13-10/h1-6H. The number of benzene rings is 1. The summed E-state index contributed by atoms with van der Waals surface area (Å²) in [6.07, 6.45) is 3.46. The third kappa shape index (κ3) is 0.939. The second-order valence-corrected chi connectivity index (χ2v) is 3.78. The molecule has 3 rings (SSSR count). The summed E-state index contributed by atoms with van der Waals surface area (Å²) in [5.74, 6) is 0. The Bertz CT molecular complexity index is 571. The van der Waals surface area contributed by atoms with Gasteiger partial charge in [-0.2, -0.15) is 0 Å². The van der Waals surface area contributed by atoms with Crippen LogP contribution in [0.2, 0.25) is 0 Å². The van der Waals surface area contributed by atoms with Crippen molar-refractivity contribution in [2.24, 2.45) is 0 Å². The summed E-state index contributed by atoms with van der Waals surface area (Å²) in [6, 6.07) is 6.25.